The summed E-state index contributed by atoms with van der Waals surface area (Å²) >= 11 is 0. The molecular formula is C25H50N4O3. The molecule has 0 saturated heterocycles. The smallest absolute Gasteiger partial charge is 0.223 e. The van der Waals surface area contributed by atoms with E-state index in [1.807, 2.05) is 32.8 Å². The quantitative estimate of drug-likeness (QED) is 0.202. The molecule has 1 amide bonds. The number of rotatable bonds is 12. The first kappa shape index (κ1) is 28.7. The second kappa shape index (κ2) is 14.8. The van der Waals surface area contributed by atoms with E-state index in [2.05, 4.69) is 24.6 Å². The first-order valence-corrected chi connectivity index (χ1v) is 12.6. The molecule has 32 heavy (non-hydrogen) atoms. The molecule has 1 aliphatic rings. The Bertz CT molecular complexity index is 568. The maximum absolute atomic E-state index is 11.8. The molecule has 0 aliphatic heterocycles. The molecule has 7 heteroatoms. The lowest BCUT2D eigenvalue weighted by Gasteiger charge is -2.33. The third-order valence-corrected chi connectivity index (χ3v) is 6.44. The van der Waals surface area contributed by atoms with Crippen LogP contribution in [0.25, 0.3) is 0 Å². The maximum Gasteiger partial charge on any atom is 0.223 e. The fraction of sp³-hybridized carbons (Fsp3) is 0.880. The molecule has 1 rings (SSSR count). The molecule has 188 valence electrons. The second-order valence-corrected chi connectivity index (χ2v) is 10.4. The van der Waals surface area contributed by atoms with Crippen molar-refractivity contribution in [1.82, 2.24) is 15.8 Å². The van der Waals surface area contributed by atoms with Crippen LogP contribution in [0.3, 0.4) is 0 Å². The molecule has 0 aromatic heterocycles. The number of primary amides is 1. The average Bonchev–Trinajstić information content (AvgIpc) is 2.74. The van der Waals surface area contributed by atoms with Crippen molar-refractivity contribution in [3.63, 3.8) is 0 Å². The molecule has 1 aliphatic carbocycles. The lowest BCUT2D eigenvalue weighted by Crippen LogP contribution is -2.44. The summed E-state index contributed by atoms with van der Waals surface area (Å²) in [6.45, 7) is 10.9. The van der Waals surface area contributed by atoms with Crippen molar-refractivity contribution in [3.05, 3.63) is 11.5 Å². The Labute approximate surface area is 196 Å². The van der Waals surface area contributed by atoms with Crippen molar-refractivity contribution in [2.24, 2.45) is 17.1 Å². The van der Waals surface area contributed by atoms with Crippen LogP contribution in [0, 0.1) is 11.3 Å². The molecule has 0 spiro atoms. The van der Waals surface area contributed by atoms with Crippen LogP contribution in [0.4, 0.5) is 0 Å². The van der Waals surface area contributed by atoms with E-state index < -0.39 is 11.6 Å². The minimum atomic E-state index is -0.787. The molecule has 1 saturated carbocycles. The van der Waals surface area contributed by atoms with E-state index in [4.69, 9.17) is 10.5 Å². The van der Waals surface area contributed by atoms with Crippen molar-refractivity contribution in [1.29, 1.82) is 0 Å². The summed E-state index contributed by atoms with van der Waals surface area (Å²) in [6, 6.07) is 0.307. The van der Waals surface area contributed by atoms with Gasteiger partial charge in [-0.3, -0.25) is 15.1 Å². The van der Waals surface area contributed by atoms with Crippen molar-refractivity contribution in [2.75, 3.05) is 20.2 Å². The van der Waals surface area contributed by atoms with E-state index in [0.29, 0.717) is 37.4 Å². The number of hydrazine groups is 1. The zero-order chi connectivity index (χ0) is 24.1. The third-order valence-electron chi connectivity index (χ3n) is 6.44. The SMILES string of the molecule is CNN(CCC(C)(C)C(N)=O)/C(OCC(C)C)=C(\C)C(O)NC1CCCCCCCCC1. The minimum absolute atomic E-state index is 0.307. The van der Waals surface area contributed by atoms with Crippen LogP contribution >= 0.6 is 0 Å². The molecule has 0 aromatic carbocycles. The summed E-state index contributed by atoms with van der Waals surface area (Å²) in [4.78, 5) is 11.8. The van der Waals surface area contributed by atoms with E-state index in [9.17, 15) is 9.90 Å². The molecular weight excluding hydrogens is 404 g/mol. The molecule has 1 unspecified atom stereocenters. The second-order valence-electron chi connectivity index (χ2n) is 10.4. The predicted octanol–water partition coefficient (Wildman–Crippen LogP) is 4.03. The summed E-state index contributed by atoms with van der Waals surface area (Å²) in [5.41, 5.74) is 8.85. The number of ether oxygens (including phenoxy) is 1. The molecule has 0 bridgehead atoms. The number of aliphatic hydroxyl groups is 1. The molecule has 0 radical (unpaired) electrons. The number of carbonyl (C=O) groups is 1. The Hall–Kier alpha value is -1.31. The first-order valence-electron chi connectivity index (χ1n) is 12.6. The van der Waals surface area contributed by atoms with Gasteiger partial charge in [-0.1, -0.05) is 72.6 Å². The first-order chi connectivity index (χ1) is 15.1. The molecule has 1 fully saturated rings. The molecule has 1 atom stereocenters. The Kier molecular flexibility index (Phi) is 13.2. The van der Waals surface area contributed by atoms with Gasteiger partial charge in [0, 0.05) is 30.6 Å². The molecule has 0 heterocycles. The topological polar surface area (TPSA) is 99.9 Å². The van der Waals surface area contributed by atoms with Crippen molar-refractivity contribution >= 4 is 5.91 Å². The monoisotopic (exact) mass is 454 g/mol. The molecule has 0 aromatic rings. The highest BCUT2D eigenvalue weighted by Gasteiger charge is 2.28. The Morgan fingerprint density at radius 2 is 1.66 bits per heavy atom. The lowest BCUT2D eigenvalue weighted by atomic mass is 9.88. The number of aliphatic hydroxyl groups excluding tert-OH is 1. The number of nitrogens with zero attached hydrogens (tertiary/aromatic N) is 1. The van der Waals surface area contributed by atoms with Crippen LogP contribution in [0.5, 0.6) is 0 Å². The zero-order valence-electron chi connectivity index (χ0n) is 21.5. The van der Waals surface area contributed by atoms with Crippen molar-refractivity contribution in [2.45, 2.75) is 111 Å². The Morgan fingerprint density at radius 3 is 2.12 bits per heavy atom. The van der Waals surface area contributed by atoms with Gasteiger partial charge in [-0.05, 0) is 32.1 Å². The highest BCUT2D eigenvalue weighted by molar-refractivity contribution is 5.79. The van der Waals surface area contributed by atoms with Gasteiger partial charge >= 0.3 is 0 Å². The van der Waals surface area contributed by atoms with Crippen LogP contribution in [-0.4, -0.2) is 48.5 Å². The summed E-state index contributed by atoms with van der Waals surface area (Å²) in [5.74, 6) is 0.639. The molecule has 5 N–H and O–H groups in total. The maximum atomic E-state index is 11.8. The fourth-order valence-electron chi connectivity index (χ4n) is 3.92. The van der Waals surface area contributed by atoms with E-state index in [1.165, 1.54) is 44.9 Å². The Morgan fingerprint density at radius 1 is 1.12 bits per heavy atom. The number of hydrogen-bond donors (Lipinski definition) is 4. The summed E-state index contributed by atoms with van der Waals surface area (Å²) in [5, 5.41) is 16.4. The van der Waals surface area contributed by atoms with Gasteiger partial charge in [0.05, 0.1) is 6.61 Å². The molecule has 7 nitrogen and oxygen atoms in total. The number of hydrogen-bond acceptors (Lipinski definition) is 6. The van der Waals surface area contributed by atoms with Gasteiger partial charge in [-0.15, -0.1) is 0 Å². The number of nitrogens with one attached hydrogen (secondary N) is 2. The van der Waals surface area contributed by atoms with E-state index in [1.54, 1.807) is 0 Å². The number of amides is 1. The number of carbonyl (C=O) groups excluding carboxylic acids is 1. The van der Waals surface area contributed by atoms with Gasteiger partial charge in [0.25, 0.3) is 0 Å². The summed E-state index contributed by atoms with van der Waals surface area (Å²) in [6.07, 6.45) is 10.9. The van der Waals surface area contributed by atoms with Crippen LogP contribution < -0.4 is 16.5 Å². The van der Waals surface area contributed by atoms with Crippen LogP contribution in [0.15, 0.2) is 11.5 Å². The highest BCUT2D eigenvalue weighted by atomic mass is 16.5. The van der Waals surface area contributed by atoms with Crippen molar-refractivity contribution < 1.29 is 14.6 Å². The summed E-state index contributed by atoms with van der Waals surface area (Å²) < 4.78 is 6.16. The Balaban J connectivity index is 2.96. The zero-order valence-corrected chi connectivity index (χ0v) is 21.5. The van der Waals surface area contributed by atoms with Crippen LogP contribution in [-0.2, 0) is 9.53 Å². The highest BCUT2D eigenvalue weighted by Crippen LogP contribution is 2.23. The van der Waals surface area contributed by atoms with Gasteiger partial charge in [0.15, 0.2) is 0 Å². The van der Waals surface area contributed by atoms with Gasteiger partial charge in [0.1, 0.15) is 6.23 Å². The van der Waals surface area contributed by atoms with Crippen molar-refractivity contribution in [3.8, 4) is 0 Å². The van der Waals surface area contributed by atoms with E-state index in [0.717, 1.165) is 18.4 Å². The van der Waals surface area contributed by atoms with E-state index >= 15 is 0 Å². The average molecular weight is 455 g/mol. The van der Waals surface area contributed by atoms with Crippen LogP contribution in [0.2, 0.25) is 0 Å². The summed E-state index contributed by atoms with van der Waals surface area (Å²) in [7, 11) is 1.82. The van der Waals surface area contributed by atoms with Crippen LogP contribution in [0.1, 0.15) is 98.8 Å². The standard InChI is InChI=1S/C25H50N4O3/c1-19(2)18-32-23(29(27-6)17-16-25(4,5)24(26)31)20(3)22(30)28-21-14-12-10-8-7-9-11-13-15-21/h19,21-22,27-28,30H,7-18H2,1-6H3,(H2,26,31)/b23-20-. The predicted molar refractivity (Wildman–Crippen MR) is 131 cm³/mol. The normalized spacial score (nSPS) is 18.8. The number of nitrogens with two attached hydrogens (primary N) is 1. The minimum Gasteiger partial charge on any atom is -0.478 e. The largest absolute Gasteiger partial charge is 0.478 e. The van der Waals surface area contributed by atoms with E-state index in [-0.39, 0.29) is 5.91 Å². The van der Waals surface area contributed by atoms with Gasteiger partial charge in [-0.25, -0.2) is 5.43 Å². The lowest BCUT2D eigenvalue weighted by molar-refractivity contribution is -0.126. The van der Waals surface area contributed by atoms with Gasteiger partial charge in [-0.2, -0.15) is 0 Å². The fourth-order valence-corrected chi connectivity index (χ4v) is 3.92. The van der Waals surface area contributed by atoms with Gasteiger partial charge < -0.3 is 15.6 Å². The van der Waals surface area contributed by atoms with Gasteiger partial charge in [0.2, 0.25) is 11.8 Å². The third kappa shape index (κ3) is 10.5.